The second-order valence-electron chi connectivity index (χ2n) is 3.31. The molecule has 0 saturated heterocycles. The van der Waals surface area contributed by atoms with Gasteiger partial charge in [0, 0.05) is 13.7 Å². The maximum absolute atomic E-state index is 10.5. The van der Waals surface area contributed by atoms with Crippen LogP contribution in [0.4, 0.5) is 4.79 Å². The molecule has 0 spiro atoms. The monoisotopic (exact) mass is 172 g/mol. The van der Waals surface area contributed by atoms with Gasteiger partial charge in [0.2, 0.25) is 0 Å². The Bertz CT molecular complexity index is 164. The first-order valence-electron chi connectivity index (χ1n) is 4.27. The highest BCUT2D eigenvalue weighted by molar-refractivity contribution is 5.71. The lowest BCUT2D eigenvalue weighted by atomic mass is 10.0. The Labute approximate surface area is 72.5 Å². The van der Waals surface area contributed by atoms with Gasteiger partial charge in [-0.3, -0.25) is 0 Å². The van der Waals surface area contributed by atoms with Gasteiger partial charge in [-0.15, -0.1) is 0 Å². The SMILES string of the molecule is COC1(CNC(N)=O)CCCC1. The molecule has 3 N–H and O–H groups in total. The minimum Gasteiger partial charge on any atom is -0.376 e. The number of nitrogens with two attached hydrogens (primary N) is 1. The molecule has 0 aromatic rings. The van der Waals surface area contributed by atoms with E-state index >= 15 is 0 Å². The van der Waals surface area contributed by atoms with Gasteiger partial charge < -0.3 is 15.8 Å². The summed E-state index contributed by atoms with van der Waals surface area (Å²) in [6.45, 7) is 0.541. The Morgan fingerprint density at radius 2 is 2.17 bits per heavy atom. The van der Waals surface area contributed by atoms with Gasteiger partial charge in [-0.25, -0.2) is 4.79 Å². The van der Waals surface area contributed by atoms with Crippen molar-refractivity contribution in [1.29, 1.82) is 0 Å². The van der Waals surface area contributed by atoms with E-state index in [4.69, 9.17) is 10.5 Å². The Hall–Kier alpha value is -0.770. The highest BCUT2D eigenvalue weighted by Gasteiger charge is 2.33. The summed E-state index contributed by atoms with van der Waals surface area (Å²) < 4.78 is 5.38. The predicted molar refractivity (Wildman–Crippen MR) is 45.8 cm³/mol. The van der Waals surface area contributed by atoms with Crippen LogP contribution in [-0.2, 0) is 4.74 Å². The molecule has 4 heteroatoms. The third kappa shape index (κ3) is 2.11. The summed E-state index contributed by atoms with van der Waals surface area (Å²) in [7, 11) is 1.69. The lowest BCUT2D eigenvalue weighted by Gasteiger charge is -2.26. The van der Waals surface area contributed by atoms with Crippen LogP contribution in [0.5, 0.6) is 0 Å². The molecule has 0 atom stereocenters. The second-order valence-corrected chi connectivity index (χ2v) is 3.31. The molecule has 0 bridgehead atoms. The van der Waals surface area contributed by atoms with Crippen molar-refractivity contribution >= 4 is 6.03 Å². The van der Waals surface area contributed by atoms with Crippen molar-refractivity contribution < 1.29 is 9.53 Å². The first-order valence-corrected chi connectivity index (χ1v) is 4.27. The van der Waals surface area contributed by atoms with E-state index in [1.54, 1.807) is 7.11 Å². The molecule has 0 aliphatic heterocycles. The maximum atomic E-state index is 10.5. The number of urea groups is 1. The molecule has 0 unspecified atom stereocenters. The Morgan fingerprint density at radius 1 is 1.58 bits per heavy atom. The fraction of sp³-hybridized carbons (Fsp3) is 0.875. The summed E-state index contributed by atoms with van der Waals surface area (Å²) in [6.07, 6.45) is 4.39. The van der Waals surface area contributed by atoms with Crippen LogP contribution < -0.4 is 11.1 Å². The van der Waals surface area contributed by atoms with E-state index in [1.807, 2.05) is 0 Å². The van der Waals surface area contributed by atoms with Crippen LogP contribution in [-0.4, -0.2) is 25.3 Å². The van der Waals surface area contributed by atoms with Crippen molar-refractivity contribution in [3.8, 4) is 0 Å². The molecule has 1 aliphatic rings. The molecule has 0 radical (unpaired) electrons. The molecular formula is C8H16N2O2. The summed E-state index contributed by atoms with van der Waals surface area (Å²) in [4.78, 5) is 10.5. The highest BCUT2D eigenvalue weighted by atomic mass is 16.5. The van der Waals surface area contributed by atoms with E-state index in [1.165, 1.54) is 12.8 Å². The minimum atomic E-state index is -0.474. The van der Waals surface area contributed by atoms with Crippen LogP contribution in [0, 0.1) is 0 Å². The van der Waals surface area contributed by atoms with Crippen LogP contribution >= 0.6 is 0 Å². The van der Waals surface area contributed by atoms with Crippen LogP contribution in [0.2, 0.25) is 0 Å². The summed E-state index contributed by atoms with van der Waals surface area (Å²) in [5, 5.41) is 2.59. The van der Waals surface area contributed by atoms with Crippen LogP contribution in [0.15, 0.2) is 0 Å². The largest absolute Gasteiger partial charge is 0.376 e. The molecule has 70 valence electrons. The first kappa shape index (κ1) is 9.32. The average molecular weight is 172 g/mol. The van der Waals surface area contributed by atoms with E-state index in [9.17, 15) is 4.79 Å². The molecular weight excluding hydrogens is 156 g/mol. The standard InChI is InChI=1S/C8H16N2O2/c1-12-8(4-2-3-5-8)6-10-7(9)11/h2-6H2,1H3,(H3,9,10,11). The fourth-order valence-corrected chi connectivity index (χ4v) is 1.72. The zero-order valence-electron chi connectivity index (χ0n) is 7.43. The Morgan fingerprint density at radius 3 is 2.58 bits per heavy atom. The van der Waals surface area contributed by atoms with Gasteiger partial charge in [0.25, 0.3) is 0 Å². The molecule has 0 aromatic heterocycles. The van der Waals surface area contributed by atoms with Crippen molar-refractivity contribution in [2.24, 2.45) is 5.73 Å². The van der Waals surface area contributed by atoms with E-state index < -0.39 is 6.03 Å². The average Bonchev–Trinajstić information content (AvgIpc) is 2.50. The quantitative estimate of drug-likeness (QED) is 0.655. The highest BCUT2D eigenvalue weighted by Crippen LogP contribution is 2.31. The smallest absolute Gasteiger partial charge is 0.312 e. The normalized spacial score (nSPS) is 20.8. The molecule has 12 heavy (non-hydrogen) atoms. The van der Waals surface area contributed by atoms with Crippen molar-refractivity contribution in [1.82, 2.24) is 5.32 Å². The van der Waals surface area contributed by atoms with Crippen molar-refractivity contribution in [3.05, 3.63) is 0 Å². The van der Waals surface area contributed by atoms with E-state index in [0.717, 1.165) is 12.8 Å². The third-order valence-corrected chi connectivity index (χ3v) is 2.53. The number of ether oxygens (including phenoxy) is 1. The number of carbonyl (C=O) groups is 1. The molecule has 1 rings (SSSR count). The Kier molecular flexibility index (Phi) is 2.92. The maximum Gasteiger partial charge on any atom is 0.312 e. The summed E-state index contributed by atoms with van der Waals surface area (Å²) in [6, 6.07) is -0.474. The van der Waals surface area contributed by atoms with E-state index in [0.29, 0.717) is 6.54 Å². The summed E-state index contributed by atoms with van der Waals surface area (Å²) >= 11 is 0. The number of nitrogens with one attached hydrogen (secondary N) is 1. The first-order chi connectivity index (χ1) is 5.68. The zero-order valence-corrected chi connectivity index (χ0v) is 7.43. The fourth-order valence-electron chi connectivity index (χ4n) is 1.72. The predicted octanol–water partition coefficient (Wildman–Crippen LogP) is 0.614. The number of carbonyl (C=O) groups excluding carboxylic acids is 1. The number of rotatable bonds is 3. The minimum absolute atomic E-state index is 0.144. The van der Waals surface area contributed by atoms with Gasteiger partial charge in [-0.1, -0.05) is 12.8 Å². The third-order valence-electron chi connectivity index (χ3n) is 2.53. The number of amides is 2. The molecule has 0 heterocycles. The van der Waals surface area contributed by atoms with Crippen LogP contribution in [0.25, 0.3) is 0 Å². The molecule has 1 fully saturated rings. The van der Waals surface area contributed by atoms with Gasteiger partial charge in [0.05, 0.1) is 5.60 Å². The van der Waals surface area contributed by atoms with Crippen LogP contribution in [0.1, 0.15) is 25.7 Å². The van der Waals surface area contributed by atoms with E-state index in [-0.39, 0.29) is 5.60 Å². The summed E-state index contributed by atoms with van der Waals surface area (Å²) in [5.41, 5.74) is 4.83. The topological polar surface area (TPSA) is 64.3 Å². The van der Waals surface area contributed by atoms with Crippen molar-refractivity contribution in [2.45, 2.75) is 31.3 Å². The molecule has 1 saturated carbocycles. The van der Waals surface area contributed by atoms with Gasteiger partial charge in [0.1, 0.15) is 0 Å². The van der Waals surface area contributed by atoms with Crippen molar-refractivity contribution in [3.63, 3.8) is 0 Å². The number of methoxy groups -OCH3 is 1. The van der Waals surface area contributed by atoms with Crippen LogP contribution in [0.3, 0.4) is 0 Å². The molecule has 0 aromatic carbocycles. The molecule has 1 aliphatic carbocycles. The van der Waals surface area contributed by atoms with Gasteiger partial charge in [-0.2, -0.15) is 0 Å². The van der Waals surface area contributed by atoms with Gasteiger partial charge >= 0.3 is 6.03 Å². The molecule has 4 nitrogen and oxygen atoms in total. The number of primary amides is 1. The van der Waals surface area contributed by atoms with Gasteiger partial charge in [0.15, 0.2) is 0 Å². The number of hydrogen-bond acceptors (Lipinski definition) is 2. The number of hydrogen-bond donors (Lipinski definition) is 2. The lowest BCUT2D eigenvalue weighted by molar-refractivity contribution is -0.000891. The van der Waals surface area contributed by atoms with E-state index in [2.05, 4.69) is 5.32 Å². The summed E-state index contributed by atoms with van der Waals surface area (Å²) in [5.74, 6) is 0. The van der Waals surface area contributed by atoms with Crippen molar-refractivity contribution in [2.75, 3.05) is 13.7 Å². The van der Waals surface area contributed by atoms with Gasteiger partial charge in [-0.05, 0) is 12.8 Å². The zero-order chi connectivity index (χ0) is 9.03. The molecule has 2 amide bonds. The Balaban J connectivity index is 2.39. The second kappa shape index (κ2) is 3.76. The lowest BCUT2D eigenvalue weighted by Crippen LogP contribution is -2.44.